The van der Waals surface area contributed by atoms with Crippen LogP contribution in [0, 0.1) is 13.8 Å². The summed E-state index contributed by atoms with van der Waals surface area (Å²) in [5, 5.41) is 6.70. The van der Waals surface area contributed by atoms with Gasteiger partial charge in [0.05, 0.1) is 5.01 Å². The Bertz CT molecular complexity index is 530. The Kier molecular flexibility index (Phi) is 4.50. The van der Waals surface area contributed by atoms with E-state index in [4.69, 9.17) is 5.73 Å². The summed E-state index contributed by atoms with van der Waals surface area (Å²) in [5.41, 5.74) is 9.39. The number of nitrogens with zero attached hydrogens (tertiary/aromatic N) is 2. The van der Waals surface area contributed by atoms with Crippen molar-refractivity contribution in [3.05, 3.63) is 39.5 Å². The van der Waals surface area contributed by atoms with Crippen LogP contribution in [0.4, 0.5) is 5.82 Å². The Balaban J connectivity index is 2.29. The molecule has 0 aliphatic rings. The van der Waals surface area contributed by atoms with Gasteiger partial charge in [0, 0.05) is 35.3 Å². The first-order chi connectivity index (χ1) is 9.11. The molecule has 0 amide bonds. The van der Waals surface area contributed by atoms with Crippen molar-refractivity contribution in [2.45, 2.75) is 33.2 Å². The first kappa shape index (κ1) is 14.0. The maximum Gasteiger partial charge on any atom is 0.128 e. The maximum atomic E-state index is 6.04. The minimum Gasteiger partial charge on any atom is -0.383 e. The molecule has 0 bridgehead atoms. The fourth-order valence-corrected chi connectivity index (χ4v) is 3.06. The molecule has 0 aliphatic heterocycles. The standard InChI is InChI=1S/C14H20N4S/c1-4-16-11(7-12-18-10(3)8-19-12)13-9(2)5-6-17-14(13)15/h5-6,8,11,16H,4,7H2,1-3H3,(H2,15,17). The molecule has 2 aromatic heterocycles. The van der Waals surface area contributed by atoms with Gasteiger partial charge in [0.15, 0.2) is 0 Å². The number of anilines is 1. The number of hydrogen-bond acceptors (Lipinski definition) is 5. The SMILES string of the molecule is CCNC(Cc1nc(C)cs1)c1c(C)ccnc1N. The molecule has 0 radical (unpaired) electrons. The zero-order chi connectivity index (χ0) is 13.8. The molecule has 1 unspecified atom stereocenters. The summed E-state index contributed by atoms with van der Waals surface area (Å²) in [5.74, 6) is 0.610. The highest BCUT2D eigenvalue weighted by Crippen LogP contribution is 2.26. The van der Waals surface area contributed by atoms with E-state index in [1.807, 2.05) is 13.0 Å². The smallest absolute Gasteiger partial charge is 0.128 e. The second-order valence-corrected chi connectivity index (χ2v) is 5.57. The summed E-state index contributed by atoms with van der Waals surface area (Å²) in [6, 6.07) is 2.17. The largest absolute Gasteiger partial charge is 0.383 e. The molecule has 2 aromatic rings. The molecule has 19 heavy (non-hydrogen) atoms. The lowest BCUT2D eigenvalue weighted by Crippen LogP contribution is -2.25. The van der Waals surface area contributed by atoms with Crippen molar-refractivity contribution >= 4 is 17.2 Å². The minimum absolute atomic E-state index is 0.171. The molecule has 2 heterocycles. The molecule has 4 nitrogen and oxygen atoms in total. The summed E-state index contributed by atoms with van der Waals surface area (Å²) < 4.78 is 0. The molecule has 5 heteroatoms. The number of hydrogen-bond donors (Lipinski definition) is 2. The Hall–Kier alpha value is -1.46. The van der Waals surface area contributed by atoms with Gasteiger partial charge in [-0.25, -0.2) is 9.97 Å². The Morgan fingerprint density at radius 3 is 2.79 bits per heavy atom. The van der Waals surface area contributed by atoms with Crippen molar-refractivity contribution in [1.82, 2.24) is 15.3 Å². The highest BCUT2D eigenvalue weighted by atomic mass is 32.1. The predicted molar refractivity (Wildman–Crippen MR) is 80.4 cm³/mol. The molecule has 0 aliphatic carbocycles. The van der Waals surface area contributed by atoms with Gasteiger partial charge in [-0.1, -0.05) is 6.92 Å². The number of thiazole rings is 1. The van der Waals surface area contributed by atoms with Crippen LogP contribution in [0.5, 0.6) is 0 Å². The molecular formula is C14H20N4S. The lowest BCUT2D eigenvalue weighted by molar-refractivity contribution is 0.546. The zero-order valence-corrected chi connectivity index (χ0v) is 12.4. The first-order valence-corrected chi connectivity index (χ1v) is 7.35. The second-order valence-electron chi connectivity index (χ2n) is 4.62. The van der Waals surface area contributed by atoms with E-state index in [1.54, 1.807) is 17.5 Å². The van der Waals surface area contributed by atoms with Crippen LogP contribution in [0.2, 0.25) is 0 Å². The minimum atomic E-state index is 0.171. The molecule has 0 saturated heterocycles. The van der Waals surface area contributed by atoms with Crippen molar-refractivity contribution in [2.75, 3.05) is 12.3 Å². The van der Waals surface area contributed by atoms with Gasteiger partial charge < -0.3 is 11.1 Å². The van der Waals surface area contributed by atoms with Crippen LogP contribution in [0.3, 0.4) is 0 Å². The van der Waals surface area contributed by atoms with E-state index in [0.29, 0.717) is 5.82 Å². The van der Waals surface area contributed by atoms with Gasteiger partial charge in [0.2, 0.25) is 0 Å². The van der Waals surface area contributed by atoms with E-state index < -0.39 is 0 Å². The molecular weight excluding hydrogens is 256 g/mol. The Morgan fingerprint density at radius 2 is 2.21 bits per heavy atom. The van der Waals surface area contributed by atoms with Gasteiger partial charge in [0.25, 0.3) is 0 Å². The summed E-state index contributed by atoms with van der Waals surface area (Å²) in [6.07, 6.45) is 2.60. The summed E-state index contributed by atoms with van der Waals surface area (Å²) in [7, 11) is 0. The van der Waals surface area contributed by atoms with Crippen LogP contribution >= 0.6 is 11.3 Å². The van der Waals surface area contributed by atoms with E-state index in [-0.39, 0.29) is 6.04 Å². The quantitative estimate of drug-likeness (QED) is 0.881. The van der Waals surface area contributed by atoms with Crippen molar-refractivity contribution in [2.24, 2.45) is 0 Å². The van der Waals surface area contributed by atoms with E-state index in [1.165, 1.54) is 5.56 Å². The molecule has 0 fully saturated rings. The molecule has 0 aromatic carbocycles. The summed E-state index contributed by atoms with van der Waals surface area (Å²) in [4.78, 5) is 8.75. The number of pyridine rings is 1. The number of nitrogens with one attached hydrogen (secondary N) is 1. The third-order valence-electron chi connectivity index (χ3n) is 3.08. The molecule has 1 atom stereocenters. The van der Waals surface area contributed by atoms with Crippen molar-refractivity contribution in [3.8, 4) is 0 Å². The molecule has 3 N–H and O–H groups in total. The number of nitrogens with two attached hydrogens (primary N) is 1. The summed E-state index contributed by atoms with van der Waals surface area (Å²) >= 11 is 1.70. The van der Waals surface area contributed by atoms with Crippen molar-refractivity contribution < 1.29 is 0 Å². The molecule has 0 saturated carbocycles. The van der Waals surface area contributed by atoms with Crippen LogP contribution in [0.25, 0.3) is 0 Å². The third-order valence-corrected chi connectivity index (χ3v) is 4.07. The lowest BCUT2D eigenvalue weighted by Gasteiger charge is -2.20. The monoisotopic (exact) mass is 276 g/mol. The van der Waals surface area contributed by atoms with E-state index in [0.717, 1.165) is 29.2 Å². The van der Waals surface area contributed by atoms with Crippen LogP contribution < -0.4 is 11.1 Å². The number of nitrogen functional groups attached to an aromatic ring is 1. The van der Waals surface area contributed by atoms with Crippen molar-refractivity contribution in [1.29, 1.82) is 0 Å². The molecule has 2 rings (SSSR count). The van der Waals surface area contributed by atoms with Gasteiger partial charge in [0.1, 0.15) is 5.82 Å². The molecule has 0 spiro atoms. The van der Waals surface area contributed by atoms with Gasteiger partial charge in [-0.3, -0.25) is 0 Å². The highest BCUT2D eigenvalue weighted by molar-refractivity contribution is 7.09. The number of likely N-dealkylation sites (N-methyl/N-ethyl adjacent to an activating group) is 1. The van der Waals surface area contributed by atoms with E-state index in [2.05, 4.69) is 34.5 Å². The van der Waals surface area contributed by atoms with E-state index in [9.17, 15) is 0 Å². The Labute approximate surface area is 118 Å². The zero-order valence-electron chi connectivity index (χ0n) is 11.6. The number of aryl methyl sites for hydroxylation is 2. The number of rotatable bonds is 5. The topological polar surface area (TPSA) is 63.8 Å². The van der Waals surface area contributed by atoms with Crippen LogP contribution in [0.15, 0.2) is 17.6 Å². The lowest BCUT2D eigenvalue weighted by atomic mass is 10.00. The average molecular weight is 276 g/mol. The molecule has 102 valence electrons. The highest BCUT2D eigenvalue weighted by Gasteiger charge is 2.18. The first-order valence-electron chi connectivity index (χ1n) is 6.47. The summed E-state index contributed by atoms with van der Waals surface area (Å²) in [6.45, 7) is 7.08. The van der Waals surface area contributed by atoms with Gasteiger partial charge in [-0.05, 0) is 32.0 Å². The average Bonchev–Trinajstić information content (AvgIpc) is 2.75. The fraction of sp³-hybridized carbons (Fsp3) is 0.429. The number of aromatic nitrogens is 2. The Morgan fingerprint density at radius 1 is 1.42 bits per heavy atom. The van der Waals surface area contributed by atoms with Gasteiger partial charge in [-0.15, -0.1) is 11.3 Å². The van der Waals surface area contributed by atoms with Crippen molar-refractivity contribution in [3.63, 3.8) is 0 Å². The van der Waals surface area contributed by atoms with Crippen LogP contribution in [0.1, 0.15) is 34.8 Å². The van der Waals surface area contributed by atoms with E-state index >= 15 is 0 Å². The third kappa shape index (κ3) is 3.30. The van der Waals surface area contributed by atoms with Gasteiger partial charge in [-0.2, -0.15) is 0 Å². The van der Waals surface area contributed by atoms with Crippen LogP contribution in [-0.2, 0) is 6.42 Å². The predicted octanol–water partition coefficient (Wildman–Crippen LogP) is 2.63. The second kappa shape index (κ2) is 6.12. The van der Waals surface area contributed by atoms with Gasteiger partial charge >= 0.3 is 0 Å². The maximum absolute atomic E-state index is 6.04. The normalized spacial score (nSPS) is 12.6. The fourth-order valence-electron chi connectivity index (χ4n) is 2.24. The van der Waals surface area contributed by atoms with Crippen LogP contribution in [-0.4, -0.2) is 16.5 Å².